The molecule has 0 saturated carbocycles. The van der Waals surface area contributed by atoms with Gasteiger partial charge in [-0.3, -0.25) is 4.79 Å². The lowest BCUT2D eigenvalue weighted by atomic mass is 10.2. The van der Waals surface area contributed by atoms with Gasteiger partial charge in [-0.1, -0.05) is 24.6 Å². The van der Waals surface area contributed by atoms with Gasteiger partial charge in [0.05, 0.1) is 4.90 Å². The number of carbonyl (C=O) groups excluding carboxylic acids is 1. The molecule has 1 fully saturated rings. The average Bonchev–Trinajstić information content (AvgIpc) is 2.74. The molecule has 1 amide bonds. The fourth-order valence-corrected chi connectivity index (χ4v) is 5.92. The van der Waals surface area contributed by atoms with E-state index in [1.54, 1.807) is 6.07 Å². The molecular formula is C20H24FN3O5S2. The number of amides is 1. The number of nitrogens with one attached hydrogen (secondary N) is 2. The Bertz CT molecular complexity index is 1150. The van der Waals surface area contributed by atoms with E-state index < -0.39 is 36.7 Å². The monoisotopic (exact) mass is 469 g/mol. The summed E-state index contributed by atoms with van der Waals surface area (Å²) in [6, 6.07) is 10.9. The quantitative estimate of drug-likeness (QED) is 0.616. The van der Waals surface area contributed by atoms with Crippen molar-refractivity contribution in [2.75, 3.05) is 25.0 Å². The average molecular weight is 470 g/mol. The molecule has 0 spiro atoms. The summed E-state index contributed by atoms with van der Waals surface area (Å²) in [7, 11) is -7.72. The number of halogens is 1. The number of rotatable bonds is 8. The molecule has 1 heterocycles. The Balaban J connectivity index is 1.59. The zero-order chi connectivity index (χ0) is 22.5. The lowest BCUT2D eigenvalue weighted by Crippen LogP contribution is -2.35. The minimum atomic E-state index is -4.09. The zero-order valence-corrected chi connectivity index (χ0v) is 18.4. The van der Waals surface area contributed by atoms with Gasteiger partial charge in [0.2, 0.25) is 26.0 Å². The Morgan fingerprint density at radius 3 is 2.39 bits per heavy atom. The first kappa shape index (κ1) is 23.3. The number of anilines is 1. The molecule has 3 rings (SSSR count). The number of carbonyl (C=O) groups is 1. The third-order valence-corrected chi connectivity index (χ3v) is 8.23. The summed E-state index contributed by atoms with van der Waals surface area (Å²) in [5, 5.41) is 2.56. The van der Waals surface area contributed by atoms with E-state index in [1.165, 1.54) is 34.6 Å². The minimum absolute atomic E-state index is 0.0902. The van der Waals surface area contributed by atoms with Gasteiger partial charge < -0.3 is 5.32 Å². The highest BCUT2D eigenvalue weighted by molar-refractivity contribution is 7.89. The van der Waals surface area contributed by atoms with Crippen LogP contribution in [-0.4, -0.2) is 46.7 Å². The van der Waals surface area contributed by atoms with Crippen LogP contribution in [0.15, 0.2) is 58.3 Å². The second-order valence-electron chi connectivity index (χ2n) is 7.12. The molecule has 0 bridgehead atoms. The summed E-state index contributed by atoms with van der Waals surface area (Å²) >= 11 is 0. The summed E-state index contributed by atoms with van der Waals surface area (Å²) in [5.41, 5.74) is 0.292. The molecule has 1 aliphatic heterocycles. The van der Waals surface area contributed by atoms with Crippen LogP contribution in [0.4, 0.5) is 10.1 Å². The van der Waals surface area contributed by atoms with Crippen LogP contribution >= 0.6 is 0 Å². The van der Waals surface area contributed by atoms with Crippen molar-refractivity contribution in [2.45, 2.75) is 35.5 Å². The molecule has 168 valence electrons. The molecule has 0 aromatic heterocycles. The second-order valence-corrected chi connectivity index (χ2v) is 10.8. The van der Waals surface area contributed by atoms with Gasteiger partial charge in [-0.2, -0.15) is 4.31 Å². The van der Waals surface area contributed by atoms with E-state index in [2.05, 4.69) is 10.0 Å². The largest absolute Gasteiger partial charge is 0.326 e. The van der Waals surface area contributed by atoms with Crippen LogP contribution in [0.1, 0.15) is 25.7 Å². The van der Waals surface area contributed by atoms with E-state index >= 15 is 0 Å². The summed E-state index contributed by atoms with van der Waals surface area (Å²) in [5.74, 6) is -1.39. The molecule has 2 N–H and O–H groups in total. The highest BCUT2D eigenvalue weighted by Gasteiger charge is 2.26. The Morgan fingerprint density at radius 2 is 1.68 bits per heavy atom. The topological polar surface area (TPSA) is 113 Å². The van der Waals surface area contributed by atoms with Crippen molar-refractivity contribution in [3.05, 3.63) is 54.3 Å². The lowest BCUT2D eigenvalue weighted by molar-refractivity contribution is -0.116. The van der Waals surface area contributed by atoms with Crippen molar-refractivity contribution >= 4 is 31.6 Å². The number of nitrogens with zero attached hydrogens (tertiary/aromatic N) is 1. The van der Waals surface area contributed by atoms with Crippen molar-refractivity contribution < 1.29 is 26.0 Å². The molecule has 2 aromatic carbocycles. The number of hydrogen-bond donors (Lipinski definition) is 2. The SMILES string of the molecule is O=C(CCNS(=O)(=O)c1ccccc1F)Nc1cccc(S(=O)(=O)N2CCCCC2)c1. The van der Waals surface area contributed by atoms with Crippen LogP contribution in [0.3, 0.4) is 0 Å². The number of piperidine rings is 1. The first-order valence-electron chi connectivity index (χ1n) is 9.84. The Morgan fingerprint density at radius 1 is 0.968 bits per heavy atom. The second kappa shape index (κ2) is 9.86. The van der Waals surface area contributed by atoms with Gasteiger partial charge in [-0.25, -0.2) is 25.9 Å². The normalized spacial score (nSPS) is 15.5. The number of benzene rings is 2. The van der Waals surface area contributed by atoms with Gasteiger partial charge in [0.1, 0.15) is 10.7 Å². The summed E-state index contributed by atoms with van der Waals surface area (Å²) in [6.45, 7) is 0.705. The van der Waals surface area contributed by atoms with Crippen LogP contribution in [0.5, 0.6) is 0 Å². The Labute approximate surface area is 181 Å². The van der Waals surface area contributed by atoms with E-state index in [9.17, 15) is 26.0 Å². The predicted molar refractivity (Wildman–Crippen MR) is 114 cm³/mol. The third kappa shape index (κ3) is 5.88. The Kier molecular flexibility index (Phi) is 7.42. The minimum Gasteiger partial charge on any atom is -0.326 e. The summed E-state index contributed by atoms with van der Waals surface area (Å²) in [6.07, 6.45) is 2.43. The van der Waals surface area contributed by atoms with Gasteiger partial charge >= 0.3 is 0 Å². The molecule has 11 heteroatoms. The molecule has 0 atom stereocenters. The fraction of sp³-hybridized carbons (Fsp3) is 0.350. The number of sulfonamides is 2. The van der Waals surface area contributed by atoms with Crippen molar-refractivity contribution in [1.29, 1.82) is 0 Å². The van der Waals surface area contributed by atoms with Crippen LogP contribution in [0.2, 0.25) is 0 Å². The van der Waals surface area contributed by atoms with Crippen molar-refractivity contribution in [1.82, 2.24) is 9.03 Å². The van der Waals surface area contributed by atoms with Gasteiger partial charge in [0.25, 0.3) is 0 Å². The highest BCUT2D eigenvalue weighted by Crippen LogP contribution is 2.23. The molecule has 31 heavy (non-hydrogen) atoms. The number of hydrogen-bond acceptors (Lipinski definition) is 5. The lowest BCUT2D eigenvalue weighted by Gasteiger charge is -2.26. The maximum atomic E-state index is 13.7. The maximum absolute atomic E-state index is 13.7. The standard InChI is InChI=1S/C20H24FN3O5S2/c21-18-9-2-3-10-19(18)30(26,27)22-12-11-20(25)23-16-7-6-8-17(15-16)31(28,29)24-13-4-1-5-14-24/h2-3,6-10,15,22H,1,4-5,11-14H2,(H,23,25). The van der Waals surface area contributed by atoms with E-state index in [4.69, 9.17) is 0 Å². The van der Waals surface area contributed by atoms with Gasteiger partial charge in [0, 0.05) is 31.7 Å². The molecule has 0 unspecified atom stereocenters. The molecular weight excluding hydrogens is 445 g/mol. The molecule has 1 aliphatic rings. The van der Waals surface area contributed by atoms with Crippen LogP contribution < -0.4 is 10.0 Å². The fourth-order valence-electron chi connectivity index (χ4n) is 3.25. The smallest absolute Gasteiger partial charge is 0.243 e. The highest BCUT2D eigenvalue weighted by atomic mass is 32.2. The van der Waals surface area contributed by atoms with Crippen LogP contribution in [-0.2, 0) is 24.8 Å². The van der Waals surface area contributed by atoms with Crippen molar-refractivity contribution in [2.24, 2.45) is 0 Å². The summed E-state index contributed by atoms with van der Waals surface area (Å²) in [4.78, 5) is 11.8. The van der Waals surface area contributed by atoms with Gasteiger partial charge in [0.15, 0.2) is 0 Å². The first-order valence-corrected chi connectivity index (χ1v) is 12.8. The molecule has 0 aliphatic carbocycles. The Hall–Kier alpha value is -2.34. The van der Waals surface area contributed by atoms with E-state index in [0.717, 1.165) is 31.4 Å². The van der Waals surface area contributed by atoms with Crippen LogP contribution in [0, 0.1) is 5.82 Å². The van der Waals surface area contributed by atoms with Gasteiger partial charge in [-0.05, 0) is 43.2 Å². The molecule has 2 aromatic rings. The molecule has 0 radical (unpaired) electrons. The zero-order valence-electron chi connectivity index (χ0n) is 16.8. The van der Waals surface area contributed by atoms with Crippen LogP contribution in [0.25, 0.3) is 0 Å². The van der Waals surface area contributed by atoms with Crippen molar-refractivity contribution in [3.63, 3.8) is 0 Å². The third-order valence-electron chi connectivity index (χ3n) is 4.84. The summed E-state index contributed by atoms with van der Waals surface area (Å²) < 4.78 is 67.1. The van der Waals surface area contributed by atoms with Gasteiger partial charge in [-0.15, -0.1) is 0 Å². The van der Waals surface area contributed by atoms with E-state index in [0.29, 0.717) is 18.8 Å². The first-order chi connectivity index (χ1) is 14.7. The van der Waals surface area contributed by atoms with Crippen molar-refractivity contribution in [3.8, 4) is 0 Å². The molecule has 8 nitrogen and oxygen atoms in total. The maximum Gasteiger partial charge on any atom is 0.243 e. The van der Waals surface area contributed by atoms with E-state index in [-0.39, 0.29) is 17.9 Å². The predicted octanol–water partition coefficient (Wildman–Crippen LogP) is 2.31. The molecule has 1 saturated heterocycles. The van der Waals surface area contributed by atoms with E-state index in [1.807, 2.05) is 0 Å².